The van der Waals surface area contributed by atoms with E-state index in [9.17, 15) is 30.6 Å². The van der Waals surface area contributed by atoms with Crippen LogP contribution in [0.4, 0.5) is 0 Å². The number of rotatable bonds is 7. The molecular formula is C52H53N3O6. The number of phenolic OH excluding ortho intramolecular Hbond substituents is 5. The van der Waals surface area contributed by atoms with E-state index < -0.39 is 11.5 Å². The van der Waals surface area contributed by atoms with Crippen LogP contribution >= 0.6 is 0 Å². The maximum absolute atomic E-state index is 12.4. The summed E-state index contributed by atoms with van der Waals surface area (Å²) in [5, 5.41) is 70.5. The zero-order chi connectivity index (χ0) is 41.7. The largest absolute Gasteiger partial charge is 0.507 e. The van der Waals surface area contributed by atoms with Crippen LogP contribution < -0.4 is 5.32 Å². The molecule has 2 aliphatic heterocycles. The minimum Gasteiger partial charge on any atom is -0.507 e. The highest BCUT2D eigenvalue weighted by molar-refractivity contribution is 6.35. The van der Waals surface area contributed by atoms with Crippen LogP contribution in [-0.2, 0) is 12.8 Å². The van der Waals surface area contributed by atoms with Gasteiger partial charge in [0.2, 0.25) is 0 Å². The van der Waals surface area contributed by atoms with Gasteiger partial charge < -0.3 is 30.6 Å². The average Bonchev–Trinajstić information content (AvgIpc) is 4.05. The predicted octanol–water partition coefficient (Wildman–Crippen LogP) is 9.22. The van der Waals surface area contributed by atoms with E-state index in [-0.39, 0.29) is 63.0 Å². The van der Waals surface area contributed by atoms with Crippen molar-refractivity contribution in [3.05, 3.63) is 124 Å². The normalized spacial score (nSPS) is 33.3. The Labute approximate surface area is 355 Å². The van der Waals surface area contributed by atoms with E-state index in [4.69, 9.17) is 9.98 Å². The van der Waals surface area contributed by atoms with E-state index in [1.807, 2.05) is 0 Å². The second-order valence-electron chi connectivity index (χ2n) is 18.8. The van der Waals surface area contributed by atoms with Crippen LogP contribution in [0.1, 0.15) is 85.2 Å². The van der Waals surface area contributed by atoms with Crippen LogP contribution in [0, 0.1) is 34.0 Å². The molecule has 0 unspecified atom stereocenters. The summed E-state index contributed by atoms with van der Waals surface area (Å²) >= 11 is 0. The Balaban J connectivity index is 0.921. The summed E-state index contributed by atoms with van der Waals surface area (Å²) in [4.78, 5) is 10.00. The van der Waals surface area contributed by atoms with Crippen molar-refractivity contribution in [1.29, 1.82) is 0 Å². The molecule has 3 fully saturated rings. The van der Waals surface area contributed by atoms with Gasteiger partial charge in [0, 0.05) is 29.2 Å². The van der Waals surface area contributed by atoms with E-state index in [1.54, 1.807) is 30.4 Å². The zero-order valence-corrected chi connectivity index (χ0v) is 34.2. The Kier molecular flexibility index (Phi) is 8.92. The smallest absolute Gasteiger partial charge is 0.169 e. The van der Waals surface area contributed by atoms with Gasteiger partial charge in [-0.1, -0.05) is 97.8 Å². The van der Waals surface area contributed by atoms with Crippen LogP contribution in [0.3, 0.4) is 0 Å². The molecule has 2 spiro atoms. The van der Waals surface area contributed by atoms with Gasteiger partial charge in [-0.15, -0.1) is 0 Å². The Morgan fingerprint density at radius 1 is 0.770 bits per heavy atom. The van der Waals surface area contributed by atoms with Crippen molar-refractivity contribution in [1.82, 2.24) is 5.32 Å². The summed E-state index contributed by atoms with van der Waals surface area (Å²) in [6.07, 6.45) is 27.2. The fourth-order valence-corrected chi connectivity index (χ4v) is 14.0. The molecular weight excluding hydrogens is 763 g/mol. The number of allylic oxidation sites excluding steroid dienone is 2. The van der Waals surface area contributed by atoms with Gasteiger partial charge in [0.15, 0.2) is 23.0 Å². The van der Waals surface area contributed by atoms with Gasteiger partial charge in [-0.05, 0) is 125 Å². The molecule has 61 heavy (non-hydrogen) atoms. The fraction of sp³-hybridized carbons (Fsp3) is 0.385. The summed E-state index contributed by atoms with van der Waals surface area (Å²) in [7, 11) is 0. The maximum atomic E-state index is 12.4. The van der Waals surface area contributed by atoms with Crippen LogP contribution in [0.5, 0.6) is 28.7 Å². The summed E-state index contributed by atoms with van der Waals surface area (Å²) in [6.45, 7) is 0.458. The van der Waals surface area contributed by atoms with Crippen molar-refractivity contribution in [3.63, 3.8) is 0 Å². The number of aliphatic imine (C=N–C) groups is 2. The third kappa shape index (κ3) is 5.52. The second-order valence-corrected chi connectivity index (χ2v) is 18.8. The van der Waals surface area contributed by atoms with Gasteiger partial charge >= 0.3 is 0 Å². The molecule has 7 N–H and O–H groups in total. The molecule has 0 amide bonds. The number of aliphatic hydroxyl groups is 1. The molecule has 0 saturated heterocycles. The van der Waals surface area contributed by atoms with E-state index in [0.717, 1.165) is 36.1 Å². The monoisotopic (exact) mass is 815 g/mol. The SMILES string of the molecule is Oc1ccc(/C=C/c2c(CCc3ccc([C@@H]4C=CC5=C[C@@H]6CCC[C@]67CC[C@@]68CCC[C@@H]6C=C[C@H](O)[C@@H]8[C@]7(C6=NCN=C6)[C@H]5N4)cc3)c(O)c(O)c3c(O)cccc23)cc1O. The van der Waals surface area contributed by atoms with Crippen molar-refractivity contribution < 1.29 is 30.6 Å². The first-order chi connectivity index (χ1) is 29.6. The van der Waals surface area contributed by atoms with E-state index in [2.05, 4.69) is 66.2 Å². The standard InChI is InChI=1S/C52H53N3O6/c56-40-20-12-31(26-43(40)59)11-17-36-37-6-1-7-41(57)45(37)47(61)46(60)38(36)18-10-30-8-13-32(14-9-30)39-19-15-33-27-35-5-3-23-51(35)25-24-50-22-2-4-34(50)16-21-42(58)48(50)52(51,49(33)55-39)44-28-53-29-54-44/h1,6-9,11-17,19-21,26-28,34-35,39,42,48-49,55-61H,2-5,10,18,22-25,29H2/b17-11+/t34-,35+,39+,42+,48+,49+,50+,51+,52-/m1/s1. The highest BCUT2D eigenvalue weighted by Crippen LogP contribution is 2.77. The molecule has 4 aromatic carbocycles. The molecule has 2 heterocycles. The van der Waals surface area contributed by atoms with Crippen molar-refractivity contribution >= 4 is 34.9 Å². The zero-order valence-electron chi connectivity index (χ0n) is 34.2. The highest BCUT2D eigenvalue weighted by atomic mass is 16.3. The van der Waals surface area contributed by atoms with Crippen molar-refractivity contribution in [2.24, 2.45) is 44.0 Å². The van der Waals surface area contributed by atoms with Crippen LogP contribution in [0.25, 0.3) is 22.9 Å². The van der Waals surface area contributed by atoms with Gasteiger partial charge in [0.25, 0.3) is 0 Å². The molecule has 4 aromatic rings. The molecule has 5 aliphatic carbocycles. The lowest BCUT2D eigenvalue weighted by Crippen LogP contribution is -2.74. The lowest BCUT2D eigenvalue weighted by atomic mass is 9.34. The lowest BCUT2D eigenvalue weighted by molar-refractivity contribution is -0.167. The Morgan fingerprint density at radius 3 is 2.43 bits per heavy atom. The fourth-order valence-electron chi connectivity index (χ4n) is 14.0. The van der Waals surface area contributed by atoms with Crippen LogP contribution in [0.2, 0.25) is 0 Å². The third-order valence-corrected chi connectivity index (χ3v) is 16.4. The van der Waals surface area contributed by atoms with Crippen molar-refractivity contribution in [2.45, 2.75) is 82.4 Å². The third-order valence-electron chi connectivity index (χ3n) is 16.4. The summed E-state index contributed by atoms with van der Waals surface area (Å²) in [6, 6.07) is 18.1. The first-order valence-electron chi connectivity index (χ1n) is 22.2. The molecule has 7 aliphatic rings. The first-order valence-corrected chi connectivity index (χ1v) is 22.2. The molecule has 0 aromatic heterocycles. The number of phenols is 5. The molecule has 9 atom stereocenters. The molecule has 9 heteroatoms. The number of benzene rings is 4. The number of nitrogens with one attached hydrogen (secondary N) is 1. The topological polar surface area (TPSA) is 158 Å². The highest BCUT2D eigenvalue weighted by Gasteiger charge is 2.75. The van der Waals surface area contributed by atoms with Crippen molar-refractivity contribution in [3.8, 4) is 28.7 Å². The minimum atomic E-state index is -0.541. The minimum absolute atomic E-state index is 0.000457. The summed E-state index contributed by atoms with van der Waals surface area (Å²) in [5.41, 5.74) is 6.09. The van der Waals surface area contributed by atoms with Gasteiger partial charge in [-0.3, -0.25) is 15.3 Å². The number of hydrogen-bond donors (Lipinski definition) is 7. The van der Waals surface area contributed by atoms with Gasteiger partial charge in [-0.25, -0.2) is 0 Å². The Bertz CT molecular complexity index is 2640. The van der Waals surface area contributed by atoms with Gasteiger partial charge in [-0.2, -0.15) is 0 Å². The van der Waals surface area contributed by atoms with E-state index in [1.165, 1.54) is 55.9 Å². The van der Waals surface area contributed by atoms with Gasteiger partial charge in [0.05, 0.1) is 23.2 Å². The Morgan fingerprint density at radius 2 is 1.61 bits per heavy atom. The number of aliphatic hydroxyl groups excluding tert-OH is 1. The predicted molar refractivity (Wildman–Crippen MR) is 239 cm³/mol. The first kappa shape index (κ1) is 38.3. The summed E-state index contributed by atoms with van der Waals surface area (Å²) in [5.74, 6) is -0.283. The number of nitrogens with zero attached hydrogens (tertiary/aromatic N) is 2. The van der Waals surface area contributed by atoms with Gasteiger partial charge in [0.1, 0.15) is 12.4 Å². The molecule has 0 radical (unpaired) electrons. The molecule has 3 saturated carbocycles. The molecule has 11 rings (SSSR count). The number of aromatic hydroxyl groups is 5. The molecule has 9 nitrogen and oxygen atoms in total. The maximum Gasteiger partial charge on any atom is 0.169 e. The van der Waals surface area contributed by atoms with Crippen LogP contribution in [0.15, 0.2) is 107 Å². The quantitative estimate of drug-likeness (QED) is 0.0557. The van der Waals surface area contributed by atoms with E-state index in [0.29, 0.717) is 53.4 Å². The second kappa shape index (κ2) is 14.2. The molecule has 312 valence electrons. The Hall–Kier alpha value is -5.64. The molecule has 0 bridgehead atoms. The number of aryl methyl sites for hydroxylation is 1. The average molecular weight is 816 g/mol. The van der Waals surface area contributed by atoms with Crippen molar-refractivity contribution in [2.75, 3.05) is 6.67 Å². The van der Waals surface area contributed by atoms with E-state index >= 15 is 0 Å². The number of hydrogen-bond acceptors (Lipinski definition) is 9. The lowest BCUT2D eigenvalue weighted by Gasteiger charge is -2.70. The van der Waals surface area contributed by atoms with Crippen LogP contribution in [-0.4, -0.2) is 61.4 Å². The number of fused-ring (bicyclic) bond motifs is 4. The summed E-state index contributed by atoms with van der Waals surface area (Å²) < 4.78 is 0.